The molecule has 1 aromatic carbocycles. The van der Waals surface area contributed by atoms with Gasteiger partial charge in [0.05, 0.1) is 24.0 Å². The number of rotatable bonds is 4. The van der Waals surface area contributed by atoms with E-state index in [1.165, 1.54) is 35.7 Å². The molecule has 0 N–H and O–H groups in total. The quantitative estimate of drug-likeness (QED) is 0.476. The lowest BCUT2D eigenvalue weighted by atomic mass is 10.3. The van der Waals surface area contributed by atoms with Gasteiger partial charge in [-0.2, -0.15) is 0 Å². The van der Waals surface area contributed by atoms with Crippen molar-refractivity contribution in [1.29, 1.82) is 0 Å². The van der Waals surface area contributed by atoms with Crippen LogP contribution in [0.25, 0.3) is 5.69 Å². The Balaban J connectivity index is 2.75. The monoisotopic (exact) mass is 358 g/mol. The molecule has 0 radical (unpaired) electrons. The van der Waals surface area contributed by atoms with Crippen molar-refractivity contribution < 1.29 is 9.53 Å². The zero-order chi connectivity index (χ0) is 16.3. The van der Waals surface area contributed by atoms with Crippen LogP contribution in [0.5, 0.6) is 0 Å². The summed E-state index contributed by atoms with van der Waals surface area (Å²) in [6, 6.07) is 4.74. The fraction of sp³-hybridized carbons (Fsp3) is 0.214. The number of esters is 1. The minimum absolute atomic E-state index is 0.158. The van der Waals surface area contributed by atoms with Crippen LogP contribution in [0.4, 0.5) is 0 Å². The topological polar surface area (TPSA) is 61.2 Å². The molecule has 0 bridgehead atoms. The first-order valence-electron chi connectivity index (χ1n) is 6.28. The average Bonchev–Trinajstić information content (AvgIpc) is 2.48. The zero-order valence-corrected chi connectivity index (χ0v) is 14.1. The number of methoxy groups -OCH3 is 1. The van der Waals surface area contributed by atoms with Crippen LogP contribution in [0.2, 0.25) is 10.0 Å². The number of carbonyl (C=O) groups is 1. The molecule has 22 heavy (non-hydrogen) atoms. The molecule has 1 heterocycles. The van der Waals surface area contributed by atoms with E-state index in [9.17, 15) is 9.59 Å². The molecular weight excluding hydrogens is 347 g/mol. The number of hydrogen-bond donors (Lipinski definition) is 0. The fourth-order valence-corrected chi connectivity index (χ4v) is 2.98. The molecule has 0 atom stereocenters. The molecule has 5 nitrogen and oxygen atoms in total. The van der Waals surface area contributed by atoms with E-state index in [1.807, 2.05) is 6.92 Å². The molecule has 0 unspecified atom stereocenters. The smallest absolute Gasteiger partial charge is 0.345 e. The first-order valence-corrected chi connectivity index (χ1v) is 8.02. The number of nitrogens with zero attached hydrogens (tertiary/aromatic N) is 2. The maximum absolute atomic E-state index is 12.6. The Morgan fingerprint density at radius 1 is 1.41 bits per heavy atom. The highest BCUT2D eigenvalue weighted by Crippen LogP contribution is 2.26. The number of halogens is 2. The largest absolute Gasteiger partial charge is 0.465 e. The standard InChI is InChI=1S/C14H12Cl2N2O3S/c1-3-22-14-17-7-9(13(20)21-2)12(19)18(14)11-5-4-8(15)6-10(11)16/h4-7H,3H2,1-2H3. The van der Waals surface area contributed by atoms with Crippen LogP contribution in [0, 0.1) is 0 Å². The highest BCUT2D eigenvalue weighted by Gasteiger charge is 2.19. The number of benzene rings is 1. The summed E-state index contributed by atoms with van der Waals surface area (Å²) in [4.78, 5) is 28.5. The Kier molecular flexibility index (Phi) is 5.50. The molecule has 8 heteroatoms. The summed E-state index contributed by atoms with van der Waals surface area (Å²) < 4.78 is 5.89. The second-order valence-electron chi connectivity index (χ2n) is 4.12. The maximum atomic E-state index is 12.6. The lowest BCUT2D eigenvalue weighted by Gasteiger charge is -2.13. The van der Waals surface area contributed by atoms with E-state index in [-0.39, 0.29) is 10.6 Å². The van der Waals surface area contributed by atoms with Gasteiger partial charge in [-0.3, -0.25) is 9.36 Å². The molecule has 0 saturated carbocycles. The third kappa shape index (κ3) is 3.29. The van der Waals surface area contributed by atoms with Crippen molar-refractivity contribution >= 4 is 40.9 Å². The van der Waals surface area contributed by atoms with Crippen LogP contribution < -0.4 is 5.56 Å². The van der Waals surface area contributed by atoms with E-state index in [0.29, 0.717) is 21.6 Å². The van der Waals surface area contributed by atoms with Gasteiger partial charge in [0.1, 0.15) is 5.56 Å². The summed E-state index contributed by atoms with van der Waals surface area (Å²) in [5.74, 6) is -0.0423. The van der Waals surface area contributed by atoms with Gasteiger partial charge in [0.25, 0.3) is 5.56 Å². The second-order valence-corrected chi connectivity index (χ2v) is 6.19. The summed E-state index contributed by atoms with van der Waals surface area (Å²) in [7, 11) is 1.20. The molecule has 0 fully saturated rings. The number of aromatic nitrogens is 2. The number of thioether (sulfide) groups is 1. The van der Waals surface area contributed by atoms with Crippen molar-refractivity contribution in [3.05, 3.63) is 50.4 Å². The van der Waals surface area contributed by atoms with E-state index in [0.717, 1.165) is 0 Å². The van der Waals surface area contributed by atoms with Crippen LogP contribution in [0.3, 0.4) is 0 Å². The van der Waals surface area contributed by atoms with Crippen molar-refractivity contribution in [3.8, 4) is 5.69 Å². The average molecular weight is 359 g/mol. The minimum atomic E-state index is -0.746. The molecule has 0 amide bonds. The van der Waals surface area contributed by atoms with Gasteiger partial charge in [-0.25, -0.2) is 9.78 Å². The predicted octanol–water partition coefficient (Wildman–Crippen LogP) is 3.44. The highest BCUT2D eigenvalue weighted by atomic mass is 35.5. The van der Waals surface area contributed by atoms with Gasteiger partial charge in [-0.05, 0) is 24.0 Å². The first kappa shape index (κ1) is 16.9. The SMILES string of the molecule is CCSc1ncc(C(=O)OC)c(=O)n1-c1ccc(Cl)cc1Cl. The lowest BCUT2D eigenvalue weighted by molar-refractivity contribution is 0.0597. The van der Waals surface area contributed by atoms with Crippen LogP contribution in [-0.2, 0) is 4.74 Å². The van der Waals surface area contributed by atoms with E-state index < -0.39 is 11.5 Å². The van der Waals surface area contributed by atoms with Crippen molar-refractivity contribution in [1.82, 2.24) is 9.55 Å². The van der Waals surface area contributed by atoms with Gasteiger partial charge in [-0.15, -0.1) is 0 Å². The van der Waals surface area contributed by atoms with Crippen LogP contribution in [-0.4, -0.2) is 28.4 Å². The van der Waals surface area contributed by atoms with Gasteiger partial charge in [0.2, 0.25) is 0 Å². The molecule has 0 saturated heterocycles. The molecular formula is C14H12Cl2N2O3S. The van der Waals surface area contributed by atoms with Gasteiger partial charge < -0.3 is 4.74 Å². The molecule has 2 aromatic rings. The Bertz CT molecular complexity index is 777. The minimum Gasteiger partial charge on any atom is -0.465 e. The van der Waals surface area contributed by atoms with Crippen molar-refractivity contribution in [2.45, 2.75) is 12.1 Å². The van der Waals surface area contributed by atoms with Crippen molar-refractivity contribution in [3.63, 3.8) is 0 Å². The summed E-state index contributed by atoms with van der Waals surface area (Å²) in [5, 5.41) is 1.17. The van der Waals surface area contributed by atoms with Crippen molar-refractivity contribution in [2.24, 2.45) is 0 Å². The van der Waals surface area contributed by atoms with Crippen LogP contribution >= 0.6 is 35.0 Å². The van der Waals surface area contributed by atoms with Crippen molar-refractivity contribution in [2.75, 3.05) is 12.9 Å². The van der Waals surface area contributed by atoms with Gasteiger partial charge in [-0.1, -0.05) is 41.9 Å². The van der Waals surface area contributed by atoms with E-state index in [4.69, 9.17) is 23.2 Å². The predicted molar refractivity (Wildman–Crippen MR) is 87.6 cm³/mol. The molecule has 2 rings (SSSR count). The molecule has 0 aliphatic rings. The summed E-state index contributed by atoms with van der Waals surface area (Å²) in [5.41, 5.74) is -0.290. The number of ether oxygens (including phenoxy) is 1. The lowest BCUT2D eigenvalue weighted by Crippen LogP contribution is -2.28. The summed E-state index contributed by atoms with van der Waals surface area (Å²) >= 11 is 13.4. The zero-order valence-electron chi connectivity index (χ0n) is 11.8. The van der Waals surface area contributed by atoms with E-state index >= 15 is 0 Å². The second kappa shape index (κ2) is 7.17. The molecule has 1 aromatic heterocycles. The third-order valence-electron chi connectivity index (χ3n) is 2.76. The number of hydrogen-bond acceptors (Lipinski definition) is 5. The third-order valence-corrected chi connectivity index (χ3v) is 4.13. The summed E-state index contributed by atoms with van der Waals surface area (Å²) in [6.45, 7) is 1.93. The van der Waals surface area contributed by atoms with E-state index in [1.54, 1.807) is 12.1 Å². The van der Waals surface area contributed by atoms with Crippen LogP contribution in [0.1, 0.15) is 17.3 Å². The molecule has 0 spiro atoms. The molecule has 0 aliphatic heterocycles. The Labute approximate surface area is 141 Å². The van der Waals surface area contributed by atoms with Gasteiger partial charge >= 0.3 is 5.97 Å². The Morgan fingerprint density at radius 3 is 2.73 bits per heavy atom. The van der Waals surface area contributed by atoms with Crippen LogP contribution in [0.15, 0.2) is 34.3 Å². The molecule has 0 aliphatic carbocycles. The highest BCUT2D eigenvalue weighted by molar-refractivity contribution is 7.99. The van der Waals surface area contributed by atoms with Gasteiger partial charge in [0, 0.05) is 5.02 Å². The summed E-state index contributed by atoms with van der Waals surface area (Å²) in [6.07, 6.45) is 1.21. The van der Waals surface area contributed by atoms with E-state index in [2.05, 4.69) is 9.72 Å². The normalized spacial score (nSPS) is 10.5. The Hall–Kier alpha value is -1.50. The van der Waals surface area contributed by atoms with Gasteiger partial charge in [0.15, 0.2) is 5.16 Å². The maximum Gasteiger partial charge on any atom is 0.345 e. The first-order chi connectivity index (χ1) is 10.5. The number of carbonyl (C=O) groups excluding carboxylic acids is 1. The Morgan fingerprint density at radius 2 is 2.14 bits per heavy atom. The molecule has 116 valence electrons. The fourth-order valence-electron chi connectivity index (χ4n) is 1.80.